The van der Waals surface area contributed by atoms with Crippen LogP contribution in [0.3, 0.4) is 0 Å². The largest absolute Gasteiger partial charge is 0.383 e. The average molecular weight is 263 g/mol. The minimum atomic E-state index is 0.719. The van der Waals surface area contributed by atoms with Crippen molar-refractivity contribution in [3.05, 3.63) is 35.0 Å². The van der Waals surface area contributed by atoms with Gasteiger partial charge in [0.05, 0.1) is 18.0 Å². The number of rotatable bonds is 6. The number of nitrogens with one attached hydrogen (secondary N) is 1. The number of aryl methyl sites for hydroxylation is 1. The average Bonchev–Trinajstić information content (AvgIpc) is 2.83. The first-order valence-corrected chi connectivity index (χ1v) is 6.75. The third-order valence-electron chi connectivity index (χ3n) is 2.45. The zero-order valence-corrected chi connectivity index (χ0v) is 11.5. The Balaban J connectivity index is 1.97. The van der Waals surface area contributed by atoms with E-state index in [0.717, 1.165) is 41.8 Å². The molecule has 2 aromatic rings. The molecular weight excluding hydrogens is 246 g/mol. The topological polar surface area (TPSA) is 47.0 Å². The molecule has 0 fully saturated rings. The summed E-state index contributed by atoms with van der Waals surface area (Å²) in [6, 6.07) is 5.99. The lowest BCUT2D eigenvalue weighted by Gasteiger charge is -2.00. The van der Waals surface area contributed by atoms with Gasteiger partial charge in [-0.2, -0.15) is 0 Å². The van der Waals surface area contributed by atoms with Crippen molar-refractivity contribution >= 4 is 11.3 Å². The molecule has 96 valence electrons. The van der Waals surface area contributed by atoms with Crippen LogP contribution in [-0.4, -0.2) is 30.2 Å². The van der Waals surface area contributed by atoms with Crippen molar-refractivity contribution in [1.29, 1.82) is 0 Å². The Labute approximate surface area is 111 Å². The van der Waals surface area contributed by atoms with Crippen molar-refractivity contribution < 1.29 is 4.74 Å². The molecule has 1 N–H and O–H groups in total. The summed E-state index contributed by atoms with van der Waals surface area (Å²) in [5.41, 5.74) is 3.01. The summed E-state index contributed by atoms with van der Waals surface area (Å²) < 4.78 is 4.98. The lowest BCUT2D eigenvalue weighted by Crippen LogP contribution is -2.18. The third-order valence-corrected chi connectivity index (χ3v) is 3.36. The third kappa shape index (κ3) is 3.60. The van der Waals surface area contributed by atoms with Gasteiger partial charge in [0.25, 0.3) is 0 Å². The second-order valence-electron chi connectivity index (χ2n) is 3.98. The normalized spacial score (nSPS) is 10.8. The van der Waals surface area contributed by atoms with Crippen LogP contribution in [0.2, 0.25) is 0 Å². The minimum Gasteiger partial charge on any atom is -0.383 e. The van der Waals surface area contributed by atoms with Crippen LogP contribution >= 0.6 is 11.3 Å². The van der Waals surface area contributed by atoms with Gasteiger partial charge in [-0.05, 0) is 19.1 Å². The molecule has 2 heterocycles. The summed E-state index contributed by atoms with van der Waals surface area (Å²) in [5.74, 6) is 0. The van der Waals surface area contributed by atoms with Gasteiger partial charge in [0.2, 0.25) is 0 Å². The molecule has 0 saturated carbocycles. The quantitative estimate of drug-likeness (QED) is 0.812. The Morgan fingerprint density at radius 1 is 1.33 bits per heavy atom. The molecule has 0 unspecified atom stereocenters. The van der Waals surface area contributed by atoms with E-state index in [1.165, 1.54) is 0 Å². The van der Waals surface area contributed by atoms with E-state index < -0.39 is 0 Å². The molecule has 2 rings (SSSR count). The smallest absolute Gasteiger partial charge is 0.142 e. The number of aromatic nitrogens is 2. The van der Waals surface area contributed by atoms with Crippen molar-refractivity contribution in [3.63, 3.8) is 0 Å². The van der Waals surface area contributed by atoms with E-state index in [1.54, 1.807) is 18.4 Å². The highest BCUT2D eigenvalue weighted by molar-refractivity contribution is 7.13. The van der Waals surface area contributed by atoms with Gasteiger partial charge in [-0.1, -0.05) is 6.07 Å². The van der Waals surface area contributed by atoms with E-state index in [2.05, 4.69) is 20.7 Å². The van der Waals surface area contributed by atoms with Gasteiger partial charge < -0.3 is 10.1 Å². The van der Waals surface area contributed by atoms with Crippen molar-refractivity contribution in [3.8, 4) is 10.7 Å². The van der Waals surface area contributed by atoms with Gasteiger partial charge in [0.1, 0.15) is 5.01 Å². The van der Waals surface area contributed by atoms with Crippen molar-refractivity contribution in [2.45, 2.75) is 13.5 Å². The minimum absolute atomic E-state index is 0.719. The highest BCUT2D eigenvalue weighted by atomic mass is 32.1. The summed E-state index contributed by atoms with van der Waals surface area (Å²) >= 11 is 1.63. The van der Waals surface area contributed by atoms with Crippen LogP contribution in [0, 0.1) is 6.92 Å². The van der Waals surface area contributed by atoms with E-state index in [4.69, 9.17) is 4.74 Å². The second kappa shape index (κ2) is 6.58. The Morgan fingerprint density at radius 2 is 2.22 bits per heavy atom. The van der Waals surface area contributed by atoms with Gasteiger partial charge >= 0.3 is 0 Å². The Hall–Kier alpha value is -1.30. The molecule has 0 aromatic carbocycles. The fourth-order valence-electron chi connectivity index (χ4n) is 1.56. The predicted molar refractivity (Wildman–Crippen MR) is 73.7 cm³/mol. The van der Waals surface area contributed by atoms with Crippen LogP contribution in [0.4, 0.5) is 0 Å². The number of hydrogen-bond acceptors (Lipinski definition) is 5. The molecule has 0 aliphatic heterocycles. The summed E-state index contributed by atoms with van der Waals surface area (Å²) in [4.78, 5) is 9.05. The number of thiazole rings is 1. The molecule has 0 amide bonds. The first kappa shape index (κ1) is 13.1. The number of pyridine rings is 1. The first-order chi connectivity index (χ1) is 8.79. The molecule has 0 saturated heterocycles. The maximum absolute atomic E-state index is 4.98. The number of ether oxygens (including phenoxy) is 1. The molecule has 0 aliphatic carbocycles. The molecule has 0 aliphatic rings. The maximum atomic E-state index is 4.98. The Morgan fingerprint density at radius 3 is 3.00 bits per heavy atom. The molecule has 18 heavy (non-hydrogen) atoms. The monoisotopic (exact) mass is 263 g/mol. The van der Waals surface area contributed by atoms with Crippen LogP contribution < -0.4 is 5.32 Å². The zero-order valence-electron chi connectivity index (χ0n) is 10.6. The lowest BCUT2D eigenvalue weighted by atomic mass is 10.3. The van der Waals surface area contributed by atoms with Crippen LogP contribution in [0.15, 0.2) is 23.6 Å². The van der Waals surface area contributed by atoms with E-state index >= 15 is 0 Å². The number of methoxy groups -OCH3 is 1. The van der Waals surface area contributed by atoms with Crippen molar-refractivity contribution in [1.82, 2.24) is 15.3 Å². The summed E-state index contributed by atoms with van der Waals surface area (Å²) in [7, 11) is 1.70. The summed E-state index contributed by atoms with van der Waals surface area (Å²) in [6.45, 7) is 4.32. The zero-order chi connectivity index (χ0) is 12.8. The molecular formula is C13H17N3OS. The highest BCUT2D eigenvalue weighted by Gasteiger charge is 2.05. The SMILES string of the molecule is COCCNCc1csc(-c2cccc(C)n2)n1. The van der Waals surface area contributed by atoms with Gasteiger partial charge in [0, 0.05) is 31.3 Å². The van der Waals surface area contributed by atoms with Crippen LogP contribution in [-0.2, 0) is 11.3 Å². The van der Waals surface area contributed by atoms with E-state index in [-0.39, 0.29) is 0 Å². The second-order valence-corrected chi connectivity index (χ2v) is 4.84. The fraction of sp³-hybridized carbons (Fsp3) is 0.385. The van der Waals surface area contributed by atoms with Gasteiger partial charge in [0.15, 0.2) is 0 Å². The van der Waals surface area contributed by atoms with Gasteiger partial charge in [-0.15, -0.1) is 11.3 Å². The highest BCUT2D eigenvalue weighted by Crippen LogP contribution is 2.21. The summed E-state index contributed by atoms with van der Waals surface area (Å²) in [5, 5.41) is 6.32. The van der Waals surface area contributed by atoms with E-state index in [9.17, 15) is 0 Å². The standard InChI is InChI=1S/C13H17N3OS/c1-10-4-3-5-12(15-10)13-16-11(9-18-13)8-14-6-7-17-2/h3-5,9,14H,6-8H2,1-2H3. The van der Waals surface area contributed by atoms with E-state index in [0.29, 0.717) is 0 Å². The van der Waals surface area contributed by atoms with Crippen molar-refractivity contribution in [2.24, 2.45) is 0 Å². The number of nitrogens with zero attached hydrogens (tertiary/aromatic N) is 2. The first-order valence-electron chi connectivity index (χ1n) is 5.87. The van der Waals surface area contributed by atoms with Crippen LogP contribution in [0.1, 0.15) is 11.4 Å². The number of hydrogen-bond donors (Lipinski definition) is 1. The molecule has 0 bridgehead atoms. The molecule has 4 nitrogen and oxygen atoms in total. The Bertz CT molecular complexity index is 498. The van der Waals surface area contributed by atoms with Crippen LogP contribution in [0.25, 0.3) is 10.7 Å². The van der Waals surface area contributed by atoms with Crippen molar-refractivity contribution in [2.75, 3.05) is 20.3 Å². The molecule has 0 atom stereocenters. The molecule has 2 aromatic heterocycles. The maximum Gasteiger partial charge on any atom is 0.142 e. The lowest BCUT2D eigenvalue weighted by molar-refractivity contribution is 0.199. The van der Waals surface area contributed by atoms with E-state index in [1.807, 2.05) is 25.1 Å². The van der Waals surface area contributed by atoms with Gasteiger partial charge in [-0.25, -0.2) is 4.98 Å². The van der Waals surface area contributed by atoms with Gasteiger partial charge in [-0.3, -0.25) is 4.98 Å². The Kier molecular flexibility index (Phi) is 4.81. The molecule has 0 spiro atoms. The predicted octanol–water partition coefficient (Wildman–Crippen LogP) is 2.25. The molecule has 5 heteroatoms. The van der Waals surface area contributed by atoms with Crippen LogP contribution in [0.5, 0.6) is 0 Å². The summed E-state index contributed by atoms with van der Waals surface area (Å²) in [6.07, 6.45) is 0. The fourth-order valence-corrected chi connectivity index (χ4v) is 2.35. The molecule has 0 radical (unpaired) electrons.